The Morgan fingerprint density at radius 1 is 1.09 bits per heavy atom. The molecule has 0 bridgehead atoms. The molecule has 1 rings (SSSR count). The van der Waals surface area contributed by atoms with Crippen molar-refractivity contribution in [3.8, 4) is 0 Å². The maximum Gasteiger partial charge on any atom is 0.0119 e. The highest BCUT2D eigenvalue weighted by Crippen LogP contribution is 2.43. The van der Waals surface area contributed by atoms with Gasteiger partial charge in [0.2, 0.25) is 0 Å². The van der Waals surface area contributed by atoms with Gasteiger partial charge in [-0.25, -0.2) is 0 Å². The Hall–Kier alpha value is -0.180. The summed E-state index contributed by atoms with van der Waals surface area (Å²) < 4.78 is 9.57. The minimum Gasteiger partial charge on any atom is -0.348 e. The van der Waals surface area contributed by atoms with Gasteiger partial charge in [0, 0.05) is 4.90 Å². The normalized spacial score (nSPS) is 11.9. The number of halogens is 1. The molecule has 0 fully saturated rings. The fraction of sp³-hybridized carbons (Fsp3) is 0.250. The van der Waals surface area contributed by atoms with Crippen LogP contribution in [0.3, 0.4) is 0 Å². The second-order valence-electron chi connectivity index (χ2n) is 2.59. The number of benzene rings is 1. The Balaban J connectivity index is 0.000001000. The Morgan fingerprint density at radius 2 is 1.55 bits per heavy atom. The molecular weight excluding hydrogens is 180 g/mol. The summed E-state index contributed by atoms with van der Waals surface area (Å²) in [7, 11) is -1.50. The highest BCUT2D eigenvalue weighted by molar-refractivity contribution is 8.28. The van der Waals surface area contributed by atoms with Crippen molar-refractivity contribution in [2.45, 2.75) is 4.90 Å². The van der Waals surface area contributed by atoms with E-state index in [0.717, 1.165) is 4.90 Å². The molecule has 0 saturated heterocycles. The highest BCUT2D eigenvalue weighted by atomic mass is 35.5. The smallest absolute Gasteiger partial charge is 0.0119 e. The molecule has 0 saturated carbocycles. The molecule has 0 aliphatic heterocycles. The zero-order valence-corrected chi connectivity index (χ0v) is 8.28. The molecule has 0 spiro atoms. The summed E-state index contributed by atoms with van der Waals surface area (Å²) in [4.78, 5) is 1.04. The van der Waals surface area contributed by atoms with Crippen molar-refractivity contribution in [3.63, 3.8) is 0 Å². The average molecular weight is 193 g/mol. The Bertz CT molecular complexity index is 205. The fourth-order valence-electron chi connectivity index (χ4n) is 0.754. The van der Waals surface area contributed by atoms with Crippen LogP contribution in [0.25, 0.3) is 0 Å². The van der Waals surface area contributed by atoms with Crippen molar-refractivity contribution in [2.75, 3.05) is 12.5 Å². The van der Waals surface area contributed by atoms with Gasteiger partial charge in [-0.15, -0.1) is 22.7 Å². The first-order valence-corrected chi connectivity index (χ1v) is 5.52. The lowest BCUT2D eigenvalue weighted by atomic mass is 10.4. The first-order valence-electron chi connectivity index (χ1n) is 3.11. The van der Waals surface area contributed by atoms with Crippen LogP contribution in [0.5, 0.6) is 0 Å². The van der Waals surface area contributed by atoms with Gasteiger partial charge in [0.1, 0.15) is 0 Å². The highest BCUT2D eigenvalue weighted by Gasteiger charge is 2.07. The van der Waals surface area contributed by atoms with Gasteiger partial charge >= 0.3 is 0 Å². The Kier molecular flexibility index (Phi) is 3.93. The van der Waals surface area contributed by atoms with E-state index in [4.69, 9.17) is 0 Å². The SMILES string of the molecule is CS(C)(O)c1ccccc1.Cl. The molecular formula is C8H13ClOS. The van der Waals surface area contributed by atoms with E-state index in [-0.39, 0.29) is 12.4 Å². The van der Waals surface area contributed by atoms with Gasteiger partial charge in [0.25, 0.3) is 0 Å². The molecule has 0 unspecified atom stereocenters. The second kappa shape index (κ2) is 4.00. The Labute approximate surface area is 75.4 Å². The van der Waals surface area contributed by atoms with Crippen LogP contribution in [0, 0.1) is 0 Å². The third-order valence-electron chi connectivity index (χ3n) is 1.32. The predicted octanol–water partition coefficient (Wildman–Crippen LogP) is 3.00. The molecule has 1 aromatic carbocycles. The molecule has 3 heteroatoms. The van der Waals surface area contributed by atoms with Crippen LogP contribution in [0.2, 0.25) is 0 Å². The second-order valence-corrected chi connectivity index (χ2v) is 5.60. The predicted molar refractivity (Wildman–Crippen MR) is 54.0 cm³/mol. The summed E-state index contributed by atoms with van der Waals surface area (Å²) >= 11 is 0. The van der Waals surface area contributed by atoms with Crippen molar-refractivity contribution in [1.82, 2.24) is 0 Å². The molecule has 64 valence electrons. The molecule has 11 heavy (non-hydrogen) atoms. The van der Waals surface area contributed by atoms with Gasteiger partial charge in [-0.05, 0) is 24.6 Å². The van der Waals surface area contributed by atoms with E-state index >= 15 is 0 Å². The van der Waals surface area contributed by atoms with Crippen molar-refractivity contribution in [2.24, 2.45) is 0 Å². The van der Waals surface area contributed by atoms with E-state index in [1.807, 2.05) is 42.8 Å². The van der Waals surface area contributed by atoms with Crippen LogP contribution in [0.15, 0.2) is 35.2 Å². The van der Waals surface area contributed by atoms with E-state index in [9.17, 15) is 4.55 Å². The molecule has 0 aromatic heterocycles. The lowest BCUT2D eigenvalue weighted by molar-refractivity contribution is 0.637. The van der Waals surface area contributed by atoms with Gasteiger partial charge in [0.15, 0.2) is 0 Å². The minimum atomic E-state index is -1.50. The van der Waals surface area contributed by atoms with Gasteiger partial charge in [-0.2, -0.15) is 0 Å². The van der Waals surface area contributed by atoms with Crippen LogP contribution in [-0.4, -0.2) is 17.1 Å². The topological polar surface area (TPSA) is 20.2 Å². The van der Waals surface area contributed by atoms with Crippen LogP contribution in [0.1, 0.15) is 0 Å². The molecule has 0 aliphatic rings. The molecule has 1 N–H and O–H groups in total. The van der Waals surface area contributed by atoms with Crippen LogP contribution >= 0.6 is 22.7 Å². The largest absolute Gasteiger partial charge is 0.348 e. The zero-order chi connectivity index (χ0) is 7.61. The van der Waals surface area contributed by atoms with Gasteiger partial charge < -0.3 is 4.55 Å². The van der Waals surface area contributed by atoms with Gasteiger partial charge in [0.05, 0.1) is 0 Å². The van der Waals surface area contributed by atoms with Crippen LogP contribution < -0.4 is 0 Å². The third-order valence-corrected chi connectivity index (χ3v) is 2.75. The lowest BCUT2D eigenvalue weighted by Gasteiger charge is -2.23. The van der Waals surface area contributed by atoms with E-state index in [2.05, 4.69) is 0 Å². The van der Waals surface area contributed by atoms with Crippen molar-refractivity contribution >= 4 is 22.7 Å². The minimum absolute atomic E-state index is 0. The maximum absolute atomic E-state index is 9.57. The quantitative estimate of drug-likeness (QED) is 0.726. The van der Waals surface area contributed by atoms with E-state index in [1.54, 1.807) is 0 Å². The molecule has 0 radical (unpaired) electrons. The summed E-state index contributed by atoms with van der Waals surface area (Å²) in [6.45, 7) is 0. The summed E-state index contributed by atoms with van der Waals surface area (Å²) in [5.74, 6) is 0. The first-order chi connectivity index (χ1) is 4.61. The van der Waals surface area contributed by atoms with Crippen LogP contribution in [-0.2, 0) is 0 Å². The summed E-state index contributed by atoms with van der Waals surface area (Å²) in [5, 5.41) is 0. The first kappa shape index (κ1) is 10.8. The van der Waals surface area contributed by atoms with Crippen molar-refractivity contribution < 1.29 is 4.55 Å². The number of hydrogen-bond acceptors (Lipinski definition) is 1. The third kappa shape index (κ3) is 3.14. The van der Waals surface area contributed by atoms with E-state index < -0.39 is 10.3 Å². The van der Waals surface area contributed by atoms with Gasteiger partial charge in [-0.1, -0.05) is 18.2 Å². The van der Waals surface area contributed by atoms with E-state index in [1.165, 1.54) is 0 Å². The molecule has 0 aliphatic carbocycles. The van der Waals surface area contributed by atoms with Crippen molar-refractivity contribution in [1.29, 1.82) is 0 Å². The standard InChI is InChI=1S/C8H12OS.ClH/c1-10(2,9)8-6-4-3-5-7-8;/h3-7,9H,1-2H3;1H. The maximum atomic E-state index is 9.57. The van der Waals surface area contributed by atoms with Gasteiger partial charge in [-0.3, -0.25) is 0 Å². The summed E-state index contributed by atoms with van der Waals surface area (Å²) in [5.41, 5.74) is 0. The summed E-state index contributed by atoms with van der Waals surface area (Å²) in [6, 6.07) is 9.75. The van der Waals surface area contributed by atoms with Crippen molar-refractivity contribution in [3.05, 3.63) is 30.3 Å². The molecule has 1 nitrogen and oxygen atoms in total. The number of rotatable bonds is 1. The molecule has 1 aromatic rings. The molecule has 0 atom stereocenters. The van der Waals surface area contributed by atoms with Crippen LogP contribution in [0.4, 0.5) is 0 Å². The monoisotopic (exact) mass is 192 g/mol. The summed E-state index contributed by atoms with van der Waals surface area (Å²) in [6.07, 6.45) is 3.73. The lowest BCUT2D eigenvalue weighted by Crippen LogP contribution is -1.92. The molecule has 0 heterocycles. The average Bonchev–Trinajstić information content (AvgIpc) is 1.88. The molecule has 0 amide bonds. The zero-order valence-electron chi connectivity index (χ0n) is 6.65. The Morgan fingerprint density at radius 3 is 1.82 bits per heavy atom. The fourth-order valence-corrected chi connectivity index (χ4v) is 1.58. The number of hydrogen-bond donors (Lipinski definition) is 1. The van der Waals surface area contributed by atoms with E-state index in [0.29, 0.717) is 0 Å².